The maximum absolute atomic E-state index is 13.2. The zero-order valence-electron chi connectivity index (χ0n) is 9.38. The third-order valence-electron chi connectivity index (χ3n) is 3.45. The number of piperidine rings is 1. The normalized spacial score (nSPS) is 25.7. The van der Waals surface area contributed by atoms with Crippen LogP contribution in [0.25, 0.3) is 0 Å². The van der Waals surface area contributed by atoms with Crippen LogP contribution in [0.2, 0.25) is 0 Å². The van der Waals surface area contributed by atoms with Gasteiger partial charge in [0, 0.05) is 19.0 Å². The summed E-state index contributed by atoms with van der Waals surface area (Å²) in [6.45, 7) is 0.494. The molecule has 0 amide bonds. The Morgan fingerprint density at radius 1 is 1.24 bits per heavy atom. The zero-order valence-corrected chi connectivity index (χ0v) is 10.2. The van der Waals surface area contributed by atoms with Gasteiger partial charge in [-0.3, -0.25) is 0 Å². The van der Waals surface area contributed by atoms with Crippen molar-refractivity contribution in [1.29, 1.82) is 0 Å². The van der Waals surface area contributed by atoms with E-state index in [4.69, 9.17) is 5.11 Å². The Morgan fingerprint density at radius 2 is 1.76 bits per heavy atom. The molecule has 0 unspecified atom stereocenters. The summed E-state index contributed by atoms with van der Waals surface area (Å²) in [6, 6.07) is 0. The molecule has 1 atom stereocenters. The van der Waals surface area contributed by atoms with E-state index in [-0.39, 0.29) is 18.3 Å². The largest absolute Gasteiger partial charge is 0.479 e. The van der Waals surface area contributed by atoms with Gasteiger partial charge in [-0.1, -0.05) is 0 Å². The Morgan fingerprint density at radius 3 is 2.18 bits per heavy atom. The highest BCUT2D eigenvalue weighted by atomic mass is 32.2. The number of halogens is 1. The van der Waals surface area contributed by atoms with Crippen molar-refractivity contribution >= 4 is 16.0 Å². The standard InChI is InChI=1S/C10H16FNO4S/c11-9(10(13)14)7-3-5-12(6-4-7)17(15,16)8-1-2-8/h7-9H,1-6H2,(H,13,14)/t9-/m0/s1. The molecule has 1 saturated carbocycles. The quantitative estimate of drug-likeness (QED) is 0.808. The fourth-order valence-electron chi connectivity index (χ4n) is 2.20. The number of hydrogen-bond donors (Lipinski definition) is 1. The van der Waals surface area contributed by atoms with Crippen LogP contribution in [-0.4, -0.2) is 48.3 Å². The van der Waals surface area contributed by atoms with Crippen LogP contribution >= 0.6 is 0 Å². The molecule has 0 aromatic carbocycles. The first-order valence-electron chi connectivity index (χ1n) is 5.79. The summed E-state index contributed by atoms with van der Waals surface area (Å²) in [5.74, 6) is -2.01. The number of carboxylic acids is 1. The molecule has 1 aliphatic heterocycles. The first kappa shape index (κ1) is 12.8. The van der Waals surface area contributed by atoms with Crippen molar-refractivity contribution < 1.29 is 22.7 Å². The number of carbonyl (C=O) groups is 1. The molecule has 1 N–H and O–H groups in total. The lowest BCUT2D eigenvalue weighted by Gasteiger charge is -2.31. The van der Waals surface area contributed by atoms with E-state index in [2.05, 4.69) is 0 Å². The predicted molar refractivity (Wildman–Crippen MR) is 58.8 cm³/mol. The summed E-state index contributed by atoms with van der Waals surface area (Å²) in [5, 5.41) is 8.30. The minimum atomic E-state index is -3.19. The fraction of sp³-hybridized carbons (Fsp3) is 0.900. The predicted octanol–water partition coefficient (Wildman–Crippen LogP) is 0.613. The molecule has 0 aromatic rings. The van der Waals surface area contributed by atoms with E-state index in [1.54, 1.807) is 0 Å². The van der Waals surface area contributed by atoms with Gasteiger partial charge in [0.2, 0.25) is 10.0 Å². The van der Waals surface area contributed by atoms with Gasteiger partial charge in [0.25, 0.3) is 0 Å². The smallest absolute Gasteiger partial charge is 0.338 e. The second kappa shape index (κ2) is 4.53. The zero-order chi connectivity index (χ0) is 12.6. The van der Waals surface area contributed by atoms with Crippen molar-refractivity contribution in [1.82, 2.24) is 4.31 Å². The lowest BCUT2D eigenvalue weighted by atomic mass is 9.93. The molecule has 5 nitrogen and oxygen atoms in total. The molecule has 1 aliphatic carbocycles. The van der Waals surface area contributed by atoms with Crippen LogP contribution in [0.15, 0.2) is 0 Å². The molecule has 0 spiro atoms. The van der Waals surface area contributed by atoms with Gasteiger partial charge in [0.1, 0.15) is 0 Å². The Hall–Kier alpha value is -0.690. The molecule has 1 saturated heterocycles. The van der Waals surface area contributed by atoms with Gasteiger partial charge in [-0.05, 0) is 25.7 Å². The van der Waals surface area contributed by atoms with Crippen molar-refractivity contribution in [2.24, 2.45) is 5.92 Å². The van der Waals surface area contributed by atoms with Gasteiger partial charge in [-0.25, -0.2) is 21.9 Å². The second-order valence-electron chi connectivity index (χ2n) is 4.72. The maximum atomic E-state index is 13.2. The molecule has 0 radical (unpaired) electrons. The molecule has 2 rings (SSSR count). The number of carboxylic acid groups (broad SMARTS) is 1. The van der Waals surface area contributed by atoms with E-state index in [0.717, 1.165) is 0 Å². The molecular weight excluding hydrogens is 249 g/mol. The topological polar surface area (TPSA) is 74.7 Å². The average molecular weight is 265 g/mol. The molecule has 17 heavy (non-hydrogen) atoms. The fourth-order valence-corrected chi connectivity index (χ4v) is 4.07. The number of rotatable bonds is 4. The molecule has 2 aliphatic rings. The first-order valence-corrected chi connectivity index (χ1v) is 7.29. The summed E-state index contributed by atoms with van der Waals surface area (Å²) >= 11 is 0. The molecule has 1 heterocycles. The average Bonchev–Trinajstić information content (AvgIpc) is 3.12. The molecule has 0 bridgehead atoms. The number of aliphatic carboxylic acids is 1. The lowest BCUT2D eigenvalue weighted by molar-refractivity contribution is -0.145. The van der Waals surface area contributed by atoms with Crippen LogP contribution in [0, 0.1) is 5.92 Å². The van der Waals surface area contributed by atoms with Gasteiger partial charge >= 0.3 is 5.97 Å². The summed E-state index contributed by atoms with van der Waals surface area (Å²) in [7, 11) is -3.19. The van der Waals surface area contributed by atoms with E-state index < -0.39 is 28.1 Å². The number of hydrogen-bond acceptors (Lipinski definition) is 3. The Bertz CT molecular complexity index is 399. The SMILES string of the molecule is O=C(O)[C@@H](F)C1CCN(S(=O)(=O)C2CC2)CC1. The van der Waals surface area contributed by atoms with Gasteiger partial charge in [-0.2, -0.15) is 0 Å². The third-order valence-corrected chi connectivity index (χ3v) is 5.85. The first-order chi connectivity index (χ1) is 7.93. The van der Waals surface area contributed by atoms with Crippen molar-refractivity contribution in [2.45, 2.75) is 37.1 Å². The Labute approximate surface area is 99.7 Å². The van der Waals surface area contributed by atoms with Crippen molar-refractivity contribution in [3.63, 3.8) is 0 Å². The van der Waals surface area contributed by atoms with Crippen molar-refractivity contribution in [3.05, 3.63) is 0 Å². The third kappa shape index (κ3) is 2.60. The highest BCUT2D eigenvalue weighted by Crippen LogP contribution is 2.33. The molecular formula is C10H16FNO4S. The number of alkyl halides is 1. The van der Waals surface area contributed by atoms with Gasteiger partial charge in [0.15, 0.2) is 6.17 Å². The highest BCUT2D eigenvalue weighted by molar-refractivity contribution is 7.90. The molecule has 98 valence electrons. The van der Waals surface area contributed by atoms with E-state index in [1.807, 2.05) is 0 Å². The monoisotopic (exact) mass is 265 g/mol. The van der Waals surface area contributed by atoms with Crippen LogP contribution in [0.1, 0.15) is 25.7 Å². The Kier molecular flexibility index (Phi) is 3.40. The molecule has 0 aromatic heterocycles. The van der Waals surface area contributed by atoms with Crippen molar-refractivity contribution in [3.8, 4) is 0 Å². The molecule has 2 fully saturated rings. The van der Waals surface area contributed by atoms with Crippen LogP contribution in [0.3, 0.4) is 0 Å². The highest BCUT2D eigenvalue weighted by Gasteiger charge is 2.42. The summed E-state index contributed by atoms with van der Waals surface area (Å²) in [6.07, 6.45) is 0.131. The van der Waals surface area contributed by atoms with E-state index >= 15 is 0 Å². The van der Waals surface area contributed by atoms with Crippen LogP contribution in [0.5, 0.6) is 0 Å². The number of nitrogens with zero attached hydrogens (tertiary/aromatic N) is 1. The summed E-state index contributed by atoms with van der Waals surface area (Å²) in [5.41, 5.74) is 0. The van der Waals surface area contributed by atoms with E-state index in [1.165, 1.54) is 4.31 Å². The Balaban J connectivity index is 1.92. The number of sulfonamides is 1. The molecule has 7 heteroatoms. The van der Waals surface area contributed by atoms with Gasteiger partial charge in [0.05, 0.1) is 5.25 Å². The minimum Gasteiger partial charge on any atom is -0.479 e. The van der Waals surface area contributed by atoms with E-state index in [0.29, 0.717) is 25.7 Å². The van der Waals surface area contributed by atoms with Crippen LogP contribution in [-0.2, 0) is 14.8 Å². The van der Waals surface area contributed by atoms with Crippen LogP contribution < -0.4 is 0 Å². The summed E-state index contributed by atoms with van der Waals surface area (Å²) in [4.78, 5) is 10.5. The lowest BCUT2D eigenvalue weighted by Crippen LogP contribution is -2.43. The van der Waals surface area contributed by atoms with E-state index in [9.17, 15) is 17.6 Å². The van der Waals surface area contributed by atoms with Gasteiger partial charge < -0.3 is 5.11 Å². The van der Waals surface area contributed by atoms with Crippen molar-refractivity contribution in [2.75, 3.05) is 13.1 Å². The van der Waals surface area contributed by atoms with Crippen LogP contribution in [0.4, 0.5) is 4.39 Å². The minimum absolute atomic E-state index is 0.247. The maximum Gasteiger partial charge on any atom is 0.338 e. The summed E-state index contributed by atoms with van der Waals surface area (Å²) < 4.78 is 38.4. The second-order valence-corrected chi connectivity index (χ2v) is 6.93. The van der Waals surface area contributed by atoms with Gasteiger partial charge in [-0.15, -0.1) is 0 Å².